The van der Waals surface area contributed by atoms with Crippen LogP contribution in [0, 0.1) is 0 Å². The highest BCUT2D eigenvalue weighted by Crippen LogP contribution is 2.65. The van der Waals surface area contributed by atoms with Crippen LogP contribution in [0.3, 0.4) is 0 Å². The molecule has 0 saturated carbocycles. The van der Waals surface area contributed by atoms with E-state index in [1.807, 2.05) is 24.3 Å². The number of hydrogen-bond donors (Lipinski definition) is 0. The number of benzene rings is 14. The Balaban J connectivity index is 0.674. The molecule has 1 atom stereocenters. The summed E-state index contributed by atoms with van der Waals surface area (Å²) in [6.07, 6.45) is 7.75. The topological polar surface area (TPSA) is 29.3 Å². The van der Waals surface area contributed by atoms with E-state index in [0.29, 0.717) is 5.89 Å². The van der Waals surface area contributed by atoms with Crippen LogP contribution in [0.5, 0.6) is 0 Å². The molecular weight excluding hydrogens is 1160 g/mol. The summed E-state index contributed by atoms with van der Waals surface area (Å²) >= 11 is 0. The molecule has 448 valence electrons. The van der Waals surface area contributed by atoms with Gasteiger partial charge in [-0.2, -0.15) is 0 Å². The Morgan fingerprint density at radius 1 is 0.302 bits per heavy atom. The number of allylic oxidation sites excluding steroid dienone is 4. The van der Waals surface area contributed by atoms with Gasteiger partial charge in [0.2, 0.25) is 5.89 Å². The molecule has 96 heavy (non-hydrogen) atoms. The minimum atomic E-state index is -0.417. The van der Waals surface area contributed by atoms with Gasteiger partial charge in [-0.25, -0.2) is 4.98 Å². The quantitative estimate of drug-likeness (QED) is 0.144. The van der Waals surface area contributed by atoms with Crippen molar-refractivity contribution in [2.24, 2.45) is 0 Å². The van der Waals surface area contributed by atoms with E-state index in [2.05, 4.69) is 326 Å². The Morgan fingerprint density at radius 3 is 1.10 bits per heavy atom. The molecule has 5 aliphatic carbocycles. The van der Waals surface area contributed by atoms with Gasteiger partial charge in [-0.15, -0.1) is 0 Å². The first kappa shape index (κ1) is 54.4. The number of anilines is 3. The van der Waals surface area contributed by atoms with Crippen LogP contribution < -0.4 is 4.90 Å². The van der Waals surface area contributed by atoms with Crippen molar-refractivity contribution in [1.29, 1.82) is 0 Å². The molecule has 5 aliphatic rings. The zero-order valence-corrected chi connectivity index (χ0v) is 52.5. The van der Waals surface area contributed by atoms with Gasteiger partial charge in [0.05, 0.1) is 10.8 Å². The first-order valence-electron chi connectivity index (χ1n) is 33.5. The molecule has 14 aromatic carbocycles. The van der Waals surface area contributed by atoms with Crippen LogP contribution in [0.1, 0.15) is 68.0 Å². The lowest BCUT2D eigenvalue weighted by Gasteiger charge is -2.30. The molecule has 0 radical (unpaired) electrons. The van der Waals surface area contributed by atoms with E-state index in [1.54, 1.807) is 0 Å². The molecule has 0 saturated heterocycles. The van der Waals surface area contributed by atoms with Crippen LogP contribution in [0.15, 0.2) is 350 Å². The number of oxazole rings is 1. The molecule has 2 spiro atoms. The summed E-state index contributed by atoms with van der Waals surface area (Å²) in [6, 6.07) is 122. The van der Waals surface area contributed by atoms with Crippen LogP contribution in [0.25, 0.3) is 106 Å². The fourth-order valence-corrected chi connectivity index (χ4v) is 17.5. The highest BCUT2D eigenvalue weighted by molar-refractivity contribution is 5.98. The summed E-state index contributed by atoms with van der Waals surface area (Å²) in [5.41, 5.74) is 37.2. The molecule has 15 aromatic rings. The van der Waals surface area contributed by atoms with Crippen LogP contribution >= 0.6 is 0 Å². The van der Waals surface area contributed by atoms with Crippen molar-refractivity contribution >= 4 is 33.7 Å². The first-order chi connectivity index (χ1) is 47.6. The van der Waals surface area contributed by atoms with Crippen LogP contribution in [0.4, 0.5) is 17.1 Å². The van der Waals surface area contributed by atoms with Gasteiger partial charge >= 0.3 is 0 Å². The maximum Gasteiger partial charge on any atom is 0.227 e. The third-order valence-corrected chi connectivity index (χ3v) is 21.6. The number of para-hydroxylation sites is 2. The molecule has 0 aliphatic heterocycles. The summed E-state index contributed by atoms with van der Waals surface area (Å²) in [5.74, 6) is 0.776. The largest absolute Gasteiger partial charge is 0.436 e. The Hall–Kier alpha value is -12.2. The van der Waals surface area contributed by atoms with Gasteiger partial charge in [0, 0.05) is 28.5 Å². The summed E-state index contributed by atoms with van der Waals surface area (Å²) in [7, 11) is 0. The molecule has 3 heteroatoms. The Labute approximate surface area is 558 Å². The zero-order chi connectivity index (χ0) is 63.1. The van der Waals surface area contributed by atoms with Gasteiger partial charge in [0.1, 0.15) is 5.52 Å². The SMILES string of the molecule is C1=CCC(c2ccccc2-c2ccc(-c3nc4ccccc4o3)cc2)C(c2ccc(N(c3ccc(-c4ccc5c(c4)C4(c6ccccc6-c6ccccc64)c4ccccc4-5)cc3)c3ccc(-c4ccc5c(c4)C4(c6ccccc6-c6ccccc64)c4ccccc4-5)cc3)cc2)=C1. The van der Waals surface area contributed by atoms with E-state index in [4.69, 9.17) is 9.40 Å². The molecular formula is C93H60N2O. The molecule has 0 amide bonds. The third-order valence-electron chi connectivity index (χ3n) is 21.6. The van der Waals surface area contributed by atoms with E-state index >= 15 is 0 Å². The predicted molar refractivity (Wildman–Crippen MR) is 394 cm³/mol. The van der Waals surface area contributed by atoms with Gasteiger partial charge in [-0.1, -0.05) is 273 Å². The smallest absolute Gasteiger partial charge is 0.227 e. The fourth-order valence-electron chi connectivity index (χ4n) is 17.5. The van der Waals surface area contributed by atoms with Crippen molar-refractivity contribution in [2.75, 3.05) is 4.90 Å². The Kier molecular flexibility index (Phi) is 12.0. The van der Waals surface area contributed by atoms with Crippen molar-refractivity contribution < 1.29 is 4.42 Å². The highest BCUT2D eigenvalue weighted by atomic mass is 16.3. The minimum Gasteiger partial charge on any atom is -0.436 e. The van der Waals surface area contributed by atoms with E-state index in [-0.39, 0.29) is 5.92 Å². The molecule has 0 N–H and O–H groups in total. The summed E-state index contributed by atoms with van der Waals surface area (Å²) in [6.45, 7) is 0. The number of aromatic nitrogens is 1. The maximum absolute atomic E-state index is 6.17. The second-order valence-corrected chi connectivity index (χ2v) is 26.3. The number of hydrogen-bond acceptors (Lipinski definition) is 3. The normalized spacial score (nSPS) is 14.9. The molecule has 1 aromatic heterocycles. The van der Waals surface area contributed by atoms with Crippen molar-refractivity contribution in [3.8, 4) is 89.3 Å². The van der Waals surface area contributed by atoms with Crippen LogP contribution in [-0.4, -0.2) is 4.98 Å². The van der Waals surface area contributed by atoms with E-state index < -0.39 is 10.8 Å². The van der Waals surface area contributed by atoms with Crippen molar-refractivity contribution in [1.82, 2.24) is 4.98 Å². The number of nitrogens with zero attached hydrogens (tertiary/aromatic N) is 2. The molecule has 0 fully saturated rings. The third kappa shape index (κ3) is 7.86. The second-order valence-electron chi connectivity index (χ2n) is 26.3. The molecule has 1 unspecified atom stereocenters. The van der Waals surface area contributed by atoms with Crippen molar-refractivity contribution in [3.05, 3.63) is 401 Å². The average Bonchev–Trinajstić information content (AvgIpc) is 1.52. The van der Waals surface area contributed by atoms with Crippen molar-refractivity contribution in [2.45, 2.75) is 23.2 Å². The monoisotopic (exact) mass is 1220 g/mol. The highest BCUT2D eigenvalue weighted by Gasteiger charge is 2.53. The number of rotatable bonds is 9. The average molecular weight is 1220 g/mol. The predicted octanol–water partition coefficient (Wildman–Crippen LogP) is 23.8. The van der Waals surface area contributed by atoms with Gasteiger partial charge < -0.3 is 9.32 Å². The van der Waals surface area contributed by atoms with Gasteiger partial charge in [0.15, 0.2) is 5.58 Å². The molecule has 3 nitrogen and oxygen atoms in total. The van der Waals surface area contributed by atoms with Crippen molar-refractivity contribution in [3.63, 3.8) is 0 Å². The van der Waals surface area contributed by atoms with Crippen LogP contribution in [0.2, 0.25) is 0 Å². The fraction of sp³-hybridized carbons (Fsp3) is 0.0430. The van der Waals surface area contributed by atoms with Gasteiger partial charge in [-0.3, -0.25) is 0 Å². The maximum atomic E-state index is 6.17. The second kappa shape index (κ2) is 21.2. The molecule has 20 rings (SSSR count). The summed E-state index contributed by atoms with van der Waals surface area (Å²) in [4.78, 5) is 7.21. The summed E-state index contributed by atoms with van der Waals surface area (Å²) < 4.78 is 6.17. The number of fused-ring (bicyclic) bond motifs is 21. The lowest BCUT2D eigenvalue weighted by atomic mass is 9.70. The Bertz CT molecular complexity index is 5350. The van der Waals surface area contributed by atoms with E-state index in [0.717, 1.165) is 45.7 Å². The van der Waals surface area contributed by atoms with Gasteiger partial charge in [-0.05, 0) is 218 Å². The summed E-state index contributed by atoms with van der Waals surface area (Å²) in [5, 5.41) is 0. The lowest BCUT2D eigenvalue weighted by Crippen LogP contribution is -2.25. The van der Waals surface area contributed by atoms with Gasteiger partial charge in [0.25, 0.3) is 0 Å². The van der Waals surface area contributed by atoms with E-state index in [1.165, 1.54) is 134 Å². The Morgan fingerprint density at radius 2 is 0.656 bits per heavy atom. The van der Waals surface area contributed by atoms with Crippen LogP contribution in [-0.2, 0) is 10.8 Å². The molecule has 0 bridgehead atoms. The zero-order valence-electron chi connectivity index (χ0n) is 52.5. The first-order valence-corrected chi connectivity index (χ1v) is 33.5. The minimum absolute atomic E-state index is 0.146. The molecule has 1 heterocycles. The lowest BCUT2D eigenvalue weighted by molar-refractivity contribution is 0.620. The standard InChI is InChI=1S/C93H60N2O/c1-3-21-71(69(19-1)61-37-39-63(40-38-61)91-94-89-35-17-18-36-90(89)96-91)72-22-4-2-20-70(72)62-45-53-68(54-46-62)95(66-49-41-59(42-50-66)64-47-55-79-77-27-9-15-33-85(77)92(87(79)57-64)81-29-11-5-23-73(81)74-24-6-12-30-82(74)92)67-51-43-60(44-52-67)65-48-56-80-78-28-10-16-34-86(78)93(88(80)58-65)83-31-13-7-25-75(83)76-26-8-14-32-84(76)93/h1-21,23-58,72H,22H2. The van der Waals surface area contributed by atoms with E-state index in [9.17, 15) is 0 Å².